The normalized spacial score (nSPS) is 12.3. The highest BCUT2D eigenvalue weighted by atomic mass is 16.5. The van der Waals surface area contributed by atoms with E-state index >= 15 is 0 Å². The summed E-state index contributed by atoms with van der Waals surface area (Å²) in [4.78, 5) is 0. The minimum Gasteiger partial charge on any atom is -0.501 e. The molecule has 0 aliphatic rings. The van der Waals surface area contributed by atoms with Gasteiger partial charge in [-0.05, 0) is 55.0 Å². The van der Waals surface area contributed by atoms with Crippen LogP contribution in [0.15, 0.2) is 36.8 Å². The maximum Gasteiger partial charge on any atom is 0.111 e. The monoisotopic (exact) mass is 362 g/mol. The van der Waals surface area contributed by atoms with Gasteiger partial charge in [-0.1, -0.05) is 32.0 Å². The van der Waals surface area contributed by atoms with Crippen LogP contribution in [0.3, 0.4) is 0 Å². The zero-order valence-electron chi connectivity index (χ0n) is 16.8. The van der Waals surface area contributed by atoms with Crippen LogP contribution in [-0.2, 0) is 18.9 Å². The van der Waals surface area contributed by atoms with Gasteiger partial charge in [0.2, 0.25) is 0 Å². The van der Waals surface area contributed by atoms with E-state index in [1.807, 2.05) is 13.2 Å². The smallest absolute Gasteiger partial charge is 0.111 e. The molecular formula is C22H34O4. The zero-order valence-corrected chi connectivity index (χ0v) is 16.8. The fourth-order valence-electron chi connectivity index (χ4n) is 2.20. The Morgan fingerprint density at radius 1 is 0.731 bits per heavy atom. The molecule has 4 heteroatoms. The fraction of sp³-hybridized carbons (Fsp3) is 0.545. The van der Waals surface area contributed by atoms with Crippen LogP contribution in [0.5, 0.6) is 0 Å². The van der Waals surface area contributed by atoms with Gasteiger partial charge in [0.25, 0.3) is 0 Å². The van der Waals surface area contributed by atoms with Gasteiger partial charge in [0.15, 0.2) is 0 Å². The van der Waals surface area contributed by atoms with E-state index in [0.29, 0.717) is 26.4 Å². The average molecular weight is 363 g/mol. The lowest BCUT2D eigenvalue weighted by atomic mass is 10.0. The van der Waals surface area contributed by atoms with E-state index in [4.69, 9.17) is 18.9 Å². The van der Waals surface area contributed by atoms with E-state index in [9.17, 15) is 0 Å². The van der Waals surface area contributed by atoms with Gasteiger partial charge in [0.1, 0.15) is 6.61 Å². The van der Waals surface area contributed by atoms with Crippen molar-refractivity contribution in [2.45, 2.75) is 40.5 Å². The van der Waals surface area contributed by atoms with Crippen LogP contribution >= 0.6 is 0 Å². The Morgan fingerprint density at radius 2 is 1.23 bits per heavy atom. The van der Waals surface area contributed by atoms with Crippen molar-refractivity contribution in [1.82, 2.24) is 0 Å². The molecule has 0 saturated heterocycles. The van der Waals surface area contributed by atoms with E-state index in [0.717, 1.165) is 48.3 Å². The molecule has 0 aromatic heterocycles. The van der Waals surface area contributed by atoms with Crippen LogP contribution in [0, 0.1) is 0 Å². The van der Waals surface area contributed by atoms with Crippen molar-refractivity contribution in [3.8, 4) is 0 Å². The molecule has 0 heterocycles. The summed E-state index contributed by atoms with van der Waals surface area (Å²) in [6.45, 7) is 12.2. The predicted molar refractivity (Wildman–Crippen MR) is 108 cm³/mol. The van der Waals surface area contributed by atoms with Crippen LogP contribution in [0.4, 0.5) is 0 Å². The Morgan fingerprint density at radius 3 is 1.81 bits per heavy atom. The molecule has 1 rings (SSSR count). The highest BCUT2D eigenvalue weighted by Crippen LogP contribution is 2.20. The van der Waals surface area contributed by atoms with E-state index in [1.165, 1.54) is 0 Å². The molecular weight excluding hydrogens is 328 g/mol. The van der Waals surface area contributed by atoms with Gasteiger partial charge in [-0.15, -0.1) is 0 Å². The third kappa shape index (κ3) is 9.64. The van der Waals surface area contributed by atoms with Crippen molar-refractivity contribution in [3.63, 3.8) is 0 Å². The molecule has 0 aliphatic heterocycles. The number of benzene rings is 1. The molecule has 0 amide bonds. The fourth-order valence-corrected chi connectivity index (χ4v) is 2.20. The number of hydrogen-bond donors (Lipinski definition) is 0. The lowest BCUT2D eigenvalue weighted by molar-refractivity contribution is 0.0309. The first-order valence-corrected chi connectivity index (χ1v) is 9.52. The zero-order chi connectivity index (χ0) is 19.0. The third-order valence-corrected chi connectivity index (χ3v) is 3.68. The number of allylic oxidation sites excluding steroid dienone is 2. The molecule has 4 nitrogen and oxygen atoms in total. The molecule has 0 spiro atoms. The van der Waals surface area contributed by atoms with Crippen LogP contribution in [0.1, 0.15) is 51.7 Å². The molecule has 0 fully saturated rings. The van der Waals surface area contributed by atoms with Crippen molar-refractivity contribution in [2.75, 3.05) is 39.6 Å². The molecule has 1 aromatic rings. The van der Waals surface area contributed by atoms with Crippen molar-refractivity contribution < 1.29 is 18.9 Å². The van der Waals surface area contributed by atoms with Gasteiger partial charge in [0.05, 0.1) is 39.0 Å². The van der Waals surface area contributed by atoms with Gasteiger partial charge in [0, 0.05) is 6.61 Å². The Balaban J connectivity index is 2.39. The van der Waals surface area contributed by atoms with Gasteiger partial charge in [-0.3, -0.25) is 0 Å². The van der Waals surface area contributed by atoms with Gasteiger partial charge in [-0.2, -0.15) is 0 Å². The summed E-state index contributed by atoms with van der Waals surface area (Å²) in [6.07, 6.45) is 5.68. The first-order chi connectivity index (χ1) is 12.7. The Kier molecular flexibility index (Phi) is 12.3. The van der Waals surface area contributed by atoms with Crippen LogP contribution in [0.2, 0.25) is 0 Å². The average Bonchev–Trinajstić information content (AvgIpc) is 2.66. The quantitative estimate of drug-likeness (QED) is 0.333. The summed E-state index contributed by atoms with van der Waals surface area (Å²) in [5.41, 5.74) is 4.49. The SMILES string of the molecule is CCCO/C=C(\C)c1cccc(/C(C)=C/OCCOCCOCCC)c1. The standard InChI is InChI=1S/C22H34O4/c1-5-10-23-12-13-24-14-15-26-18-20(4)22-9-7-8-21(16-22)19(3)17-25-11-6-2/h7-9,16-18H,5-6,10-15H2,1-4H3/b19-17+,20-18+. The third-order valence-electron chi connectivity index (χ3n) is 3.68. The van der Waals surface area contributed by atoms with Crippen molar-refractivity contribution in [3.05, 3.63) is 47.9 Å². The van der Waals surface area contributed by atoms with Crippen LogP contribution in [-0.4, -0.2) is 39.6 Å². The highest BCUT2D eigenvalue weighted by Gasteiger charge is 2.01. The first kappa shape index (κ1) is 22.3. The summed E-state index contributed by atoms with van der Waals surface area (Å²) < 4.78 is 21.9. The number of rotatable bonds is 14. The van der Waals surface area contributed by atoms with Crippen LogP contribution < -0.4 is 0 Å². The summed E-state index contributed by atoms with van der Waals surface area (Å²) in [5.74, 6) is 0. The van der Waals surface area contributed by atoms with Crippen molar-refractivity contribution >= 4 is 11.1 Å². The molecule has 0 bridgehead atoms. The maximum atomic E-state index is 5.59. The molecule has 0 atom stereocenters. The molecule has 146 valence electrons. The van der Waals surface area contributed by atoms with E-state index < -0.39 is 0 Å². The Labute approximate surface area is 158 Å². The topological polar surface area (TPSA) is 36.9 Å². The van der Waals surface area contributed by atoms with E-state index in [-0.39, 0.29) is 0 Å². The highest BCUT2D eigenvalue weighted by molar-refractivity contribution is 5.70. The summed E-state index contributed by atoms with van der Waals surface area (Å²) >= 11 is 0. The lowest BCUT2D eigenvalue weighted by Crippen LogP contribution is -2.08. The molecule has 26 heavy (non-hydrogen) atoms. The minimum absolute atomic E-state index is 0.536. The molecule has 0 radical (unpaired) electrons. The van der Waals surface area contributed by atoms with E-state index in [2.05, 4.69) is 45.0 Å². The van der Waals surface area contributed by atoms with Crippen LogP contribution in [0.25, 0.3) is 11.1 Å². The minimum atomic E-state index is 0.536. The Bertz CT molecular complexity index is 549. The second-order valence-electron chi connectivity index (χ2n) is 6.15. The van der Waals surface area contributed by atoms with Crippen molar-refractivity contribution in [1.29, 1.82) is 0 Å². The molecule has 1 aromatic carbocycles. The van der Waals surface area contributed by atoms with Gasteiger partial charge >= 0.3 is 0 Å². The van der Waals surface area contributed by atoms with Gasteiger partial charge in [-0.25, -0.2) is 0 Å². The number of ether oxygens (including phenoxy) is 4. The van der Waals surface area contributed by atoms with E-state index in [1.54, 1.807) is 6.26 Å². The Hall–Kier alpha value is -1.78. The maximum absolute atomic E-state index is 5.59. The first-order valence-electron chi connectivity index (χ1n) is 9.52. The second kappa shape index (κ2) is 14.4. The summed E-state index contributed by atoms with van der Waals surface area (Å²) in [7, 11) is 0. The molecule has 0 saturated carbocycles. The second-order valence-corrected chi connectivity index (χ2v) is 6.15. The predicted octanol–water partition coefficient (Wildman–Crippen LogP) is 5.29. The van der Waals surface area contributed by atoms with Gasteiger partial charge < -0.3 is 18.9 Å². The number of hydrogen-bond acceptors (Lipinski definition) is 4. The lowest BCUT2D eigenvalue weighted by Gasteiger charge is -2.08. The largest absolute Gasteiger partial charge is 0.501 e. The molecule has 0 unspecified atom stereocenters. The summed E-state index contributed by atoms with van der Waals surface area (Å²) in [5, 5.41) is 0. The molecule has 0 N–H and O–H groups in total. The summed E-state index contributed by atoms with van der Waals surface area (Å²) in [6, 6.07) is 8.38. The van der Waals surface area contributed by atoms with Crippen molar-refractivity contribution in [2.24, 2.45) is 0 Å². The molecule has 0 aliphatic carbocycles.